The van der Waals surface area contributed by atoms with Crippen LogP contribution in [0.5, 0.6) is 0 Å². The number of nitrogens with two attached hydrogens (primary N) is 1. The molecule has 3 aromatic heterocycles. The van der Waals surface area contributed by atoms with Gasteiger partial charge in [0.2, 0.25) is 0 Å². The van der Waals surface area contributed by atoms with E-state index in [1.807, 2.05) is 29.8 Å². The average Bonchev–Trinajstić information content (AvgIpc) is 2.97. The van der Waals surface area contributed by atoms with Crippen LogP contribution in [0.2, 0.25) is 0 Å². The van der Waals surface area contributed by atoms with Gasteiger partial charge in [-0.1, -0.05) is 0 Å². The molecule has 19 heavy (non-hydrogen) atoms. The van der Waals surface area contributed by atoms with E-state index in [4.69, 9.17) is 5.73 Å². The second-order valence-corrected chi connectivity index (χ2v) is 5.26. The van der Waals surface area contributed by atoms with Crippen molar-refractivity contribution < 1.29 is 0 Å². The Morgan fingerprint density at radius 3 is 3.00 bits per heavy atom. The Morgan fingerprint density at radius 1 is 1.42 bits per heavy atom. The second-order valence-electron chi connectivity index (χ2n) is 4.37. The molecule has 3 heterocycles. The summed E-state index contributed by atoms with van der Waals surface area (Å²) in [6.07, 6.45) is 5.31. The first-order chi connectivity index (χ1) is 9.13. The van der Waals surface area contributed by atoms with Crippen molar-refractivity contribution in [2.24, 2.45) is 0 Å². The van der Waals surface area contributed by atoms with Crippen molar-refractivity contribution in [2.75, 3.05) is 11.1 Å². The van der Waals surface area contributed by atoms with Crippen LogP contribution >= 0.6 is 11.3 Å². The molecule has 0 aliphatic carbocycles. The van der Waals surface area contributed by atoms with Gasteiger partial charge in [0.15, 0.2) is 11.5 Å². The minimum atomic E-state index is 0.0634. The lowest BCUT2D eigenvalue weighted by Gasteiger charge is -2.13. The summed E-state index contributed by atoms with van der Waals surface area (Å²) in [7, 11) is 0. The highest BCUT2D eigenvalue weighted by molar-refractivity contribution is 7.09. The lowest BCUT2D eigenvalue weighted by molar-refractivity contribution is 0.854. The minimum absolute atomic E-state index is 0.0634. The van der Waals surface area contributed by atoms with Crippen molar-refractivity contribution in [1.82, 2.24) is 19.4 Å². The van der Waals surface area contributed by atoms with E-state index in [-0.39, 0.29) is 6.04 Å². The van der Waals surface area contributed by atoms with Crippen molar-refractivity contribution in [2.45, 2.75) is 19.9 Å². The van der Waals surface area contributed by atoms with Gasteiger partial charge in [-0.15, -0.1) is 11.3 Å². The molecule has 0 saturated heterocycles. The van der Waals surface area contributed by atoms with Gasteiger partial charge in [-0.25, -0.2) is 15.0 Å². The average molecular weight is 274 g/mol. The highest BCUT2D eigenvalue weighted by Gasteiger charge is 2.13. The fraction of sp³-hybridized carbons (Fsp3) is 0.250. The number of nitrogen functional groups attached to an aromatic ring is 1. The van der Waals surface area contributed by atoms with Gasteiger partial charge in [0.05, 0.1) is 12.2 Å². The Morgan fingerprint density at radius 2 is 2.26 bits per heavy atom. The highest BCUT2D eigenvalue weighted by atomic mass is 32.1. The number of aromatic nitrogens is 4. The van der Waals surface area contributed by atoms with Crippen molar-refractivity contribution in [1.29, 1.82) is 0 Å². The molecular weight excluding hydrogens is 260 g/mol. The summed E-state index contributed by atoms with van der Waals surface area (Å²) in [5, 5.41) is 6.37. The Labute approximate surface area is 114 Å². The predicted octanol–water partition coefficient (Wildman–Crippen LogP) is 2.25. The van der Waals surface area contributed by atoms with E-state index in [1.165, 1.54) is 0 Å². The Bertz CT molecular complexity index is 716. The molecule has 0 radical (unpaired) electrons. The third-order valence-electron chi connectivity index (χ3n) is 2.75. The Kier molecular flexibility index (Phi) is 2.83. The number of hydrogen-bond donors (Lipinski definition) is 2. The van der Waals surface area contributed by atoms with Crippen LogP contribution in [0, 0.1) is 6.92 Å². The summed E-state index contributed by atoms with van der Waals surface area (Å²) in [4.78, 5) is 13.0. The van der Waals surface area contributed by atoms with Crippen LogP contribution in [0.15, 0.2) is 24.0 Å². The van der Waals surface area contributed by atoms with Gasteiger partial charge >= 0.3 is 0 Å². The molecular formula is C12H14N6S. The lowest BCUT2D eigenvalue weighted by atomic mass is 10.3. The molecule has 0 spiro atoms. The van der Waals surface area contributed by atoms with E-state index >= 15 is 0 Å². The summed E-state index contributed by atoms with van der Waals surface area (Å²) in [5.41, 5.74) is 7.58. The third-order valence-corrected chi connectivity index (χ3v) is 3.90. The number of nitrogens with one attached hydrogen (secondary N) is 1. The summed E-state index contributed by atoms with van der Waals surface area (Å²) in [6, 6.07) is 0.0634. The maximum absolute atomic E-state index is 5.79. The molecule has 1 atom stereocenters. The van der Waals surface area contributed by atoms with Crippen LogP contribution in [0.1, 0.15) is 23.7 Å². The Balaban J connectivity index is 1.94. The zero-order valence-corrected chi connectivity index (χ0v) is 11.5. The molecule has 0 saturated carbocycles. The van der Waals surface area contributed by atoms with Gasteiger partial charge in [0, 0.05) is 23.5 Å². The predicted molar refractivity (Wildman–Crippen MR) is 76.3 cm³/mol. The SMILES string of the molecule is Cc1csc(C(C)Nc2nc(N)cn3ccnc23)n1. The third kappa shape index (κ3) is 2.24. The summed E-state index contributed by atoms with van der Waals surface area (Å²) in [5.74, 6) is 1.13. The number of aryl methyl sites for hydroxylation is 1. The van der Waals surface area contributed by atoms with E-state index < -0.39 is 0 Å². The summed E-state index contributed by atoms with van der Waals surface area (Å²) >= 11 is 1.63. The molecule has 0 amide bonds. The molecule has 6 nitrogen and oxygen atoms in total. The van der Waals surface area contributed by atoms with Gasteiger partial charge in [-0.2, -0.15) is 0 Å². The first kappa shape index (κ1) is 11.9. The van der Waals surface area contributed by atoms with E-state index in [0.29, 0.717) is 11.6 Å². The fourth-order valence-corrected chi connectivity index (χ4v) is 2.69. The van der Waals surface area contributed by atoms with Gasteiger partial charge in [0.1, 0.15) is 10.8 Å². The van der Waals surface area contributed by atoms with Crippen LogP contribution in [0.4, 0.5) is 11.6 Å². The molecule has 0 aliphatic rings. The molecule has 0 aliphatic heterocycles. The highest BCUT2D eigenvalue weighted by Crippen LogP contribution is 2.23. The molecule has 0 bridgehead atoms. The van der Waals surface area contributed by atoms with E-state index in [0.717, 1.165) is 16.3 Å². The molecule has 3 rings (SSSR count). The number of rotatable bonds is 3. The standard InChI is InChI=1S/C12H14N6S/c1-7-6-19-12(15-7)8(2)16-10-11-14-3-4-18(11)5-9(13)17-10/h3-6,8H,13H2,1-2H3,(H,16,17). The number of hydrogen-bond acceptors (Lipinski definition) is 6. The van der Waals surface area contributed by atoms with E-state index in [2.05, 4.69) is 20.3 Å². The van der Waals surface area contributed by atoms with Crippen LogP contribution in [-0.2, 0) is 0 Å². The van der Waals surface area contributed by atoms with Gasteiger partial charge < -0.3 is 15.5 Å². The molecule has 0 fully saturated rings. The zero-order valence-electron chi connectivity index (χ0n) is 10.7. The lowest BCUT2D eigenvalue weighted by Crippen LogP contribution is -2.10. The normalized spacial score (nSPS) is 12.7. The maximum atomic E-state index is 5.79. The van der Waals surface area contributed by atoms with Crippen LogP contribution in [0.3, 0.4) is 0 Å². The van der Waals surface area contributed by atoms with Crippen molar-refractivity contribution in [3.05, 3.63) is 34.7 Å². The molecule has 98 valence electrons. The number of fused-ring (bicyclic) bond motifs is 1. The minimum Gasteiger partial charge on any atom is -0.382 e. The molecule has 0 aromatic carbocycles. The first-order valence-corrected chi connectivity index (χ1v) is 6.79. The maximum Gasteiger partial charge on any atom is 0.180 e. The topological polar surface area (TPSA) is 81.1 Å². The summed E-state index contributed by atoms with van der Waals surface area (Å²) in [6.45, 7) is 4.03. The fourth-order valence-electron chi connectivity index (χ4n) is 1.89. The molecule has 3 aromatic rings. The monoisotopic (exact) mass is 274 g/mol. The molecule has 3 N–H and O–H groups in total. The van der Waals surface area contributed by atoms with Crippen LogP contribution in [-0.4, -0.2) is 19.4 Å². The largest absolute Gasteiger partial charge is 0.382 e. The number of imidazole rings is 1. The smallest absolute Gasteiger partial charge is 0.180 e. The van der Waals surface area contributed by atoms with Crippen molar-refractivity contribution >= 4 is 28.6 Å². The van der Waals surface area contributed by atoms with E-state index in [9.17, 15) is 0 Å². The second kappa shape index (κ2) is 4.51. The number of anilines is 2. The zero-order chi connectivity index (χ0) is 13.4. The van der Waals surface area contributed by atoms with Crippen LogP contribution < -0.4 is 11.1 Å². The summed E-state index contributed by atoms with van der Waals surface area (Å²) < 4.78 is 1.85. The van der Waals surface area contributed by atoms with Gasteiger partial charge in [-0.05, 0) is 13.8 Å². The molecule has 7 heteroatoms. The van der Waals surface area contributed by atoms with Crippen molar-refractivity contribution in [3.8, 4) is 0 Å². The van der Waals surface area contributed by atoms with Crippen LogP contribution in [0.25, 0.3) is 5.65 Å². The van der Waals surface area contributed by atoms with Crippen molar-refractivity contribution in [3.63, 3.8) is 0 Å². The number of thiazole rings is 1. The van der Waals surface area contributed by atoms with Gasteiger partial charge in [0.25, 0.3) is 0 Å². The quantitative estimate of drug-likeness (QED) is 0.765. The van der Waals surface area contributed by atoms with E-state index in [1.54, 1.807) is 23.7 Å². The first-order valence-electron chi connectivity index (χ1n) is 5.91. The molecule has 1 unspecified atom stereocenters. The Hall–Kier alpha value is -2.15. The van der Waals surface area contributed by atoms with Gasteiger partial charge in [-0.3, -0.25) is 0 Å². The number of nitrogens with zero attached hydrogens (tertiary/aromatic N) is 4.